The average Bonchev–Trinajstić information content (AvgIpc) is 3.23. The van der Waals surface area contributed by atoms with Crippen LogP contribution in [0.1, 0.15) is 99.5 Å². The molecule has 3 N–H and O–H groups in total. The first kappa shape index (κ1) is 51.9. The molecule has 1 aliphatic rings. The van der Waals surface area contributed by atoms with E-state index < -0.39 is 96.4 Å². The highest BCUT2D eigenvalue weighted by Gasteiger charge is 2.38. The summed E-state index contributed by atoms with van der Waals surface area (Å²) in [4.78, 5) is 100. The minimum atomic E-state index is -1.29. The van der Waals surface area contributed by atoms with Crippen molar-refractivity contribution in [2.45, 2.75) is 143 Å². The number of likely N-dealkylation sites (N-methyl/N-ethyl adjacent to an activating group) is 3. The maximum absolute atomic E-state index is 14.2. The lowest BCUT2D eigenvalue weighted by Crippen LogP contribution is -2.58. The summed E-state index contributed by atoms with van der Waals surface area (Å²) >= 11 is 0. The zero-order valence-corrected chi connectivity index (χ0v) is 37.9. The summed E-state index contributed by atoms with van der Waals surface area (Å²) in [6.45, 7) is 13.0. The lowest BCUT2D eigenvalue weighted by Gasteiger charge is -2.34. The molecule has 0 saturated heterocycles. The van der Waals surface area contributed by atoms with Gasteiger partial charge >= 0.3 is 11.9 Å². The van der Waals surface area contributed by atoms with Crippen molar-refractivity contribution in [3.05, 3.63) is 47.5 Å². The van der Waals surface area contributed by atoms with Gasteiger partial charge in [0.25, 0.3) is 5.91 Å². The molecule has 0 fully saturated rings. The van der Waals surface area contributed by atoms with E-state index in [-0.39, 0.29) is 36.7 Å². The van der Waals surface area contributed by atoms with Crippen LogP contribution in [0, 0.1) is 30.1 Å². The number of carbonyl (C=O) groups excluding carboxylic acids is 7. The van der Waals surface area contributed by atoms with E-state index >= 15 is 0 Å². The molecule has 0 saturated carbocycles. The molecule has 1 heterocycles. The van der Waals surface area contributed by atoms with Crippen molar-refractivity contribution in [1.82, 2.24) is 25.3 Å². The Hall–Kier alpha value is -5.23. The topological polar surface area (TPSA) is 192 Å². The Morgan fingerprint density at radius 3 is 2.13 bits per heavy atom. The van der Waals surface area contributed by atoms with Gasteiger partial charge in [0.1, 0.15) is 30.3 Å². The zero-order chi connectivity index (χ0) is 46.1. The van der Waals surface area contributed by atoms with Crippen molar-refractivity contribution in [2.75, 3.05) is 27.7 Å². The number of ether oxygens (including phenoxy) is 2. The summed E-state index contributed by atoms with van der Waals surface area (Å²) in [6.07, 6.45) is 5.71. The molecular formula is C46H69N5O10. The number of cyclic esters (lactones) is 2. The summed E-state index contributed by atoms with van der Waals surface area (Å²) in [5.41, 5.74) is 0.847. The number of nitrogens with one attached hydrogen (secondary N) is 2. The minimum absolute atomic E-state index is 0.0225. The first-order chi connectivity index (χ1) is 28.6. The second-order valence-electron chi connectivity index (χ2n) is 16.8. The Kier molecular flexibility index (Phi) is 21.2. The number of aliphatic hydroxyl groups excluding tert-OH is 1. The van der Waals surface area contributed by atoms with E-state index in [4.69, 9.17) is 15.9 Å². The number of aliphatic hydroxyl groups is 1. The molecule has 0 aromatic heterocycles. The lowest BCUT2D eigenvalue weighted by atomic mass is 9.91. The fourth-order valence-corrected chi connectivity index (χ4v) is 6.85. The van der Waals surface area contributed by atoms with Gasteiger partial charge in [-0.3, -0.25) is 24.0 Å². The number of hydrogen-bond acceptors (Lipinski definition) is 10. The van der Waals surface area contributed by atoms with Gasteiger partial charge in [-0.15, -0.1) is 12.3 Å². The predicted molar refractivity (Wildman–Crippen MR) is 231 cm³/mol. The fourth-order valence-electron chi connectivity index (χ4n) is 6.85. The molecule has 0 aliphatic carbocycles. The van der Waals surface area contributed by atoms with Crippen LogP contribution in [-0.4, -0.2) is 131 Å². The Labute approximate surface area is 362 Å². The van der Waals surface area contributed by atoms with Crippen molar-refractivity contribution in [3.63, 3.8) is 0 Å². The molecule has 1 aromatic rings. The first-order valence-corrected chi connectivity index (χ1v) is 21.3. The predicted octanol–water partition coefficient (Wildman–Crippen LogP) is 3.42. The normalized spacial score (nSPS) is 26.2. The molecule has 9 atom stereocenters. The molecule has 0 spiro atoms. The van der Waals surface area contributed by atoms with Crippen LogP contribution in [0.3, 0.4) is 0 Å². The number of unbranched alkanes of at least 4 members (excludes halogenated alkanes) is 1. The molecule has 15 heteroatoms. The molecule has 338 valence electrons. The maximum atomic E-state index is 14.2. The summed E-state index contributed by atoms with van der Waals surface area (Å²) in [5, 5.41) is 16.5. The van der Waals surface area contributed by atoms with Crippen LogP contribution in [-0.2, 0) is 49.5 Å². The van der Waals surface area contributed by atoms with E-state index in [1.54, 1.807) is 38.1 Å². The van der Waals surface area contributed by atoms with Crippen molar-refractivity contribution >= 4 is 41.5 Å². The summed E-state index contributed by atoms with van der Waals surface area (Å²) in [7, 11) is 4.29. The highest BCUT2D eigenvalue weighted by atomic mass is 16.6. The largest absolute Gasteiger partial charge is 0.460 e. The third-order valence-electron chi connectivity index (χ3n) is 11.4. The first-order valence-electron chi connectivity index (χ1n) is 21.3. The molecular weight excluding hydrogens is 783 g/mol. The van der Waals surface area contributed by atoms with E-state index in [0.29, 0.717) is 25.7 Å². The van der Waals surface area contributed by atoms with Gasteiger partial charge in [-0.2, -0.15) is 0 Å². The number of esters is 2. The van der Waals surface area contributed by atoms with Gasteiger partial charge in [0, 0.05) is 51.9 Å². The van der Waals surface area contributed by atoms with Crippen LogP contribution >= 0.6 is 0 Å². The van der Waals surface area contributed by atoms with Crippen LogP contribution in [0.4, 0.5) is 0 Å². The highest BCUT2D eigenvalue weighted by Crippen LogP contribution is 2.23. The van der Waals surface area contributed by atoms with Crippen LogP contribution in [0.25, 0.3) is 0 Å². The number of hydrogen-bond donors (Lipinski definition) is 3. The second-order valence-corrected chi connectivity index (χ2v) is 16.8. The monoisotopic (exact) mass is 852 g/mol. The van der Waals surface area contributed by atoms with E-state index in [9.17, 15) is 38.7 Å². The van der Waals surface area contributed by atoms with E-state index in [2.05, 4.69) is 16.6 Å². The summed E-state index contributed by atoms with van der Waals surface area (Å²) in [5.74, 6) is -3.25. The molecule has 2 rings (SSSR count). The fraction of sp³-hybridized carbons (Fsp3) is 0.630. The molecule has 5 amide bonds. The van der Waals surface area contributed by atoms with Crippen LogP contribution in [0.5, 0.6) is 0 Å². The highest BCUT2D eigenvalue weighted by molar-refractivity contribution is 5.96. The molecule has 61 heavy (non-hydrogen) atoms. The van der Waals surface area contributed by atoms with E-state index in [1.807, 2.05) is 26.8 Å². The van der Waals surface area contributed by atoms with E-state index in [1.165, 1.54) is 62.7 Å². The number of nitrogens with zero attached hydrogens (tertiary/aromatic N) is 3. The Morgan fingerprint density at radius 2 is 1.54 bits per heavy atom. The standard InChI is InChI=1S/C46H69N5O10/c1-13-15-17-22-36(52)31(7)37-24-23-30(6)45(58)61-38(25-28(3)4)41(54)47-32(8)42(55)51(12)35(26-34-20-18-16-19-21-34)43(56)49(10)27-39(53)48-40(29(5)14-2)44(57)50(11)33(9)46(59)60-37/h1,16,18-21,23,28-29,31-33,35-38,40,52H,14-15,17,22,24-27H2,2-12H3,(H,47,54)(H,48,53)/b30-23-/t29?,31-,32+,33+,35?,36-,37+,38-,40?/m1/s1. The number of rotatable bonds is 11. The molecule has 15 nitrogen and oxygen atoms in total. The van der Waals surface area contributed by atoms with Gasteiger partial charge < -0.3 is 39.9 Å². The van der Waals surface area contributed by atoms with Gasteiger partial charge in [0.05, 0.1) is 12.6 Å². The second kappa shape index (κ2) is 24.9. The van der Waals surface area contributed by atoms with Crippen molar-refractivity contribution in [2.24, 2.45) is 17.8 Å². The average molecular weight is 852 g/mol. The van der Waals surface area contributed by atoms with Crippen molar-refractivity contribution in [3.8, 4) is 12.3 Å². The number of terminal acetylenes is 1. The van der Waals surface area contributed by atoms with Crippen LogP contribution in [0.15, 0.2) is 42.0 Å². The molecule has 3 unspecified atom stereocenters. The molecule has 1 aromatic carbocycles. The van der Waals surface area contributed by atoms with Gasteiger partial charge in [-0.25, -0.2) is 9.59 Å². The Bertz CT molecular complexity index is 1740. The Balaban J connectivity index is 2.67. The van der Waals surface area contributed by atoms with Crippen LogP contribution in [0.2, 0.25) is 0 Å². The number of benzene rings is 1. The van der Waals surface area contributed by atoms with Crippen molar-refractivity contribution in [1.29, 1.82) is 0 Å². The van der Waals surface area contributed by atoms with Gasteiger partial charge in [0.15, 0.2) is 6.10 Å². The minimum Gasteiger partial charge on any atom is -0.460 e. The zero-order valence-electron chi connectivity index (χ0n) is 37.9. The quantitative estimate of drug-likeness (QED) is 0.169. The summed E-state index contributed by atoms with van der Waals surface area (Å²) < 4.78 is 11.7. The van der Waals surface area contributed by atoms with Gasteiger partial charge in [-0.05, 0) is 57.4 Å². The molecule has 1 aliphatic heterocycles. The lowest BCUT2D eigenvalue weighted by molar-refractivity contribution is -0.162. The van der Waals surface area contributed by atoms with Gasteiger partial charge in [0.2, 0.25) is 23.6 Å². The van der Waals surface area contributed by atoms with Crippen molar-refractivity contribution < 1.29 is 48.1 Å². The van der Waals surface area contributed by atoms with Gasteiger partial charge in [-0.1, -0.05) is 77.4 Å². The third-order valence-corrected chi connectivity index (χ3v) is 11.4. The smallest absolute Gasteiger partial charge is 0.334 e. The molecule has 0 bridgehead atoms. The third kappa shape index (κ3) is 15.6. The Morgan fingerprint density at radius 1 is 0.902 bits per heavy atom. The maximum Gasteiger partial charge on any atom is 0.334 e. The number of amides is 5. The number of carbonyl (C=O) groups is 7. The SMILES string of the molecule is C#CCCC[C@@H](O)[C@@H](C)[C@@H]1C/C=C(/C)C(=O)O[C@H](CC(C)C)C(=O)N[C@@H](C)C(=O)N(C)C(Cc2ccccc2)C(=O)N(C)CC(=O)NC(C(C)CC)C(=O)N(C)[C@@H](C)C(=O)O1. The summed E-state index contributed by atoms with van der Waals surface area (Å²) in [6, 6.07) is 4.55. The van der Waals surface area contributed by atoms with Crippen LogP contribution < -0.4 is 10.6 Å². The van der Waals surface area contributed by atoms with E-state index in [0.717, 1.165) is 5.56 Å². The molecule has 0 radical (unpaired) electrons.